The zero-order valence-corrected chi connectivity index (χ0v) is 16.3. The topological polar surface area (TPSA) is 76.7 Å². The molecule has 0 heterocycles. The molecular weight excluding hydrogens is 368 g/mol. The fourth-order valence-corrected chi connectivity index (χ4v) is 2.90. The van der Waals surface area contributed by atoms with Crippen LogP contribution < -0.4 is 20.1 Å². The van der Waals surface area contributed by atoms with Gasteiger partial charge in [-0.25, -0.2) is 0 Å². The van der Waals surface area contributed by atoms with Gasteiger partial charge >= 0.3 is 0 Å². The quantitative estimate of drug-likeness (QED) is 0.549. The summed E-state index contributed by atoms with van der Waals surface area (Å²) in [5.41, 5.74) is 0.578. The van der Waals surface area contributed by atoms with Crippen molar-refractivity contribution in [2.75, 3.05) is 26.8 Å². The van der Waals surface area contributed by atoms with Crippen LogP contribution in [0.5, 0.6) is 11.5 Å². The summed E-state index contributed by atoms with van der Waals surface area (Å²) in [7, 11) is 1.58. The van der Waals surface area contributed by atoms with E-state index in [4.69, 9.17) is 9.47 Å². The summed E-state index contributed by atoms with van der Waals surface area (Å²) in [5, 5.41) is 7.64. The summed E-state index contributed by atoms with van der Waals surface area (Å²) < 4.78 is 10.8. The van der Waals surface area contributed by atoms with E-state index in [0.717, 1.165) is 10.8 Å². The van der Waals surface area contributed by atoms with Crippen LogP contribution in [0.4, 0.5) is 0 Å². The summed E-state index contributed by atoms with van der Waals surface area (Å²) in [6.45, 7) is 0.968. The predicted molar refractivity (Wildman–Crippen MR) is 112 cm³/mol. The number of ether oxygens (including phenoxy) is 2. The van der Waals surface area contributed by atoms with Crippen LogP contribution in [0.15, 0.2) is 66.7 Å². The number of amides is 2. The van der Waals surface area contributed by atoms with Crippen molar-refractivity contribution in [1.82, 2.24) is 10.6 Å². The number of benzene rings is 3. The summed E-state index contributed by atoms with van der Waals surface area (Å²) in [5.74, 6) is 0.942. The highest BCUT2D eigenvalue weighted by molar-refractivity contribution is 5.98. The van der Waals surface area contributed by atoms with Gasteiger partial charge in [-0.2, -0.15) is 0 Å². The van der Waals surface area contributed by atoms with Gasteiger partial charge in [0.1, 0.15) is 6.61 Å². The molecule has 2 N–H and O–H groups in total. The second-order valence-corrected chi connectivity index (χ2v) is 6.42. The highest BCUT2D eigenvalue weighted by Gasteiger charge is 2.08. The van der Waals surface area contributed by atoms with E-state index in [-0.39, 0.29) is 24.8 Å². The molecule has 150 valence electrons. The molecule has 29 heavy (non-hydrogen) atoms. The van der Waals surface area contributed by atoms with Gasteiger partial charge in [0.15, 0.2) is 11.5 Å². The molecule has 3 aromatic rings. The van der Waals surface area contributed by atoms with E-state index in [0.29, 0.717) is 30.2 Å². The monoisotopic (exact) mass is 392 g/mol. The summed E-state index contributed by atoms with van der Waals surface area (Å²) in [4.78, 5) is 24.2. The molecule has 0 atom stereocenters. The molecule has 3 aromatic carbocycles. The third-order valence-corrected chi connectivity index (χ3v) is 4.40. The average molecular weight is 392 g/mol. The minimum atomic E-state index is -0.192. The van der Waals surface area contributed by atoms with Gasteiger partial charge in [-0.3, -0.25) is 9.59 Å². The largest absolute Gasteiger partial charge is 0.493 e. The molecule has 0 saturated heterocycles. The van der Waals surface area contributed by atoms with Gasteiger partial charge in [-0.1, -0.05) is 42.5 Å². The van der Waals surface area contributed by atoms with Crippen molar-refractivity contribution in [3.63, 3.8) is 0 Å². The van der Waals surface area contributed by atoms with Gasteiger partial charge in [0, 0.05) is 18.5 Å². The first-order valence-electron chi connectivity index (χ1n) is 9.47. The fraction of sp³-hybridized carbons (Fsp3) is 0.217. The molecule has 3 rings (SSSR count). The molecule has 0 aromatic heterocycles. The van der Waals surface area contributed by atoms with E-state index in [1.807, 2.05) is 60.7 Å². The average Bonchev–Trinajstić information content (AvgIpc) is 2.76. The Hall–Kier alpha value is -3.54. The zero-order chi connectivity index (χ0) is 20.5. The van der Waals surface area contributed by atoms with E-state index in [2.05, 4.69) is 10.6 Å². The second kappa shape index (κ2) is 10.1. The standard InChI is InChI=1S/C23H24N2O4/c1-28-20-8-4-5-9-21(20)29-15-14-24-22(26)12-13-25-23(27)19-11-10-17-6-2-3-7-18(17)16-19/h2-11,16H,12-15H2,1H3,(H,24,26)(H,25,27). The van der Waals surface area contributed by atoms with Gasteiger partial charge in [0.25, 0.3) is 5.91 Å². The van der Waals surface area contributed by atoms with E-state index in [1.54, 1.807) is 13.2 Å². The maximum absolute atomic E-state index is 12.3. The third kappa shape index (κ3) is 5.72. The van der Waals surface area contributed by atoms with Gasteiger partial charge in [-0.15, -0.1) is 0 Å². The Kier molecular flexibility index (Phi) is 7.05. The summed E-state index contributed by atoms with van der Waals surface area (Å²) >= 11 is 0. The van der Waals surface area contributed by atoms with Crippen LogP contribution in [0.3, 0.4) is 0 Å². The number of carbonyl (C=O) groups excluding carboxylic acids is 2. The molecule has 0 fully saturated rings. The van der Waals surface area contributed by atoms with Crippen molar-refractivity contribution in [3.05, 3.63) is 72.3 Å². The van der Waals surface area contributed by atoms with Crippen LogP contribution in [0.1, 0.15) is 16.8 Å². The summed E-state index contributed by atoms with van der Waals surface area (Å²) in [6, 6.07) is 20.7. The lowest BCUT2D eigenvalue weighted by molar-refractivity contribution is -0.121. The van der Waals surface area contributed by atoms with Crippen LogP contribution in [0.25, 0.3) is 10.8 Å². The Morgan fingerprint density at radius 2 is 1.55 bits per heavy atom. The first-order valence-corrected chi connectivity index (χ1v) is 9.47. The number of carbonyl (C=O) groups is 2. The van der Waals surface area contributed by atoms with Crippen LogP contribution >= 0.6 is 0 Å². The molecule has 6 nitrogen and oxygen atoms in total. The molecule has 0 saturated carbocycles. The van der Waals surface area contributed by atoms with E-state index < -0.39 is 0 Å². The molecule has 6 heteroatoms. The first kappa shape index (κ1) is 20.2. The van der Waals surface area contributed by atoms with Crippen LogP contribution in [0, 0.1) is 0 Å². The summed E-state index contributed by atoms with van der Waals surface area (Å²) in [6.07, 6.45) is 0.202. The normalized spacial score (nSPS) is 10.4. The van der Waals surface area contributed by atoms with Crippen LogP contribution in [-0.2, 0) is 4.79 Å². The van der Waals surface area contributed by atoms with Gasteiger partial charge < -0.3 is 20.1 Å². The molecule has 2 amide bonds. The molecule has 0 aliphatic heterocycles. The molecule has 0 aliphatic carbocycles. The van der Waals surface area contributed by atoms with Gasteiger partial charge in [0.2, 0.25) is 5.91 Å². The first-order chi connectivity index (χ1) is 14.2. The molecule has 0 radical (unpaired) electrons. The predicted octanol–water partition coefficient (Wildman–Crippen LogP) is 3.16. The van der Waals surface area contributed by atoms with Crippen molar-refractivity contribution < 1.29 is 19.1 Å². The number of rotatable bonds is 9. The lowest BCUT2D eigenvalue weighted by Crippen LogP contribution is -2.32. The number of para-hydroxylation sites is 2. The van der Waals surface area contributed by atoms with E-state index in [1.165, 1.54) is 0 Å². The van der Waals surface area contributed by atoms with Gasteiger partial charge in [0.05, 0.1) is 13.7 Å². The van der Waals surface area contributed by atoms with Crippen molar-refractivity contribution in [1.29, 1.82) is 0 Å². The molecule has 0 spiro atoms. The fourth-order valence-electron chi connectivity index (χ4n) is 2.90. The smallest absolute Gasteiger partial charge is 0.251 e. The molecule has 0 bridgehead atoms. The lowest BCUT2D eigenvalue weighted by atomic mass is 10.1. The Labute approximate surface area is 169 Å². The third-order valence-electron chi connectivity index (χ3n) is 4.40. The Morgan fingerprint density at radius 1 is 0.828 bits per heavy atom. The molecule has 0 aliphatic rings. The number of nitrogens with one attached hydrogen (secondary N) is 2. The van der Waals surface area contributed by atoms with Gasteiger partial charge in [-0.05, 0) is 35.0 Å². The molecular formula is C23H24N2O4. The molecule has 0 unspecified atom stereocenters. The number of hydrogen-bond donors (Lipinski definition) is 2. The Balaban J connectivity index is 1.36. The number of methoxy groups -OCH3 is 1. The van der Waals surface area contributed by atoms with E-state index in [9.17, 15) is 9.59 Å². The Morgan fingerprint density at radius 3 is 2.34 bits per heavy atom. The lowest BCUT2D eigenvalue weighted by Gasteiger charge is -2.11. The minimum Gasteiger partial charge on any atom is -0.493 e. The highest BCUT2D eigenvalue weighted by atomic mass is 16.5. The van der Waals surface area contributed by atoms with Crippen LogP contribution in [0.2, 0.25) is 0 Å². The van der Waals surface area contributed by atoms with Crippen LogP contribution in [-0.4, -0.2) is 38.6 Å². The van der Waals surface area contributed by atoms with Crippen molar-refractivity contribution in [2.24, 2.45) is 0 Å². The van der Waals surface area contributed by atoms with Crippen molar-refractivity contribution >= 4 is 22.6 Å². The maximum atomic E-state index is 12.3. The van der Waals surface area contributed by atoms with Crippen molar-refractivity contribution in [2.45, 2.75) is 6.42 Å². The minimum absolute atomic E-state index is 0.146. The number of hydrogen-bond acceptors (Lipinski definition) is 4. The SMILES string of the molecule is COc1ccccc1OCCNC(=O)CCNC(=O)c1ccc2ccccc2c1. The van der Waals surface area contributed by atoms with Crippen molar-refractivity contribution in [3.8, 4) is 11.5 Å². The number of fused-ring (bicyclic) bond motifs is 1. The van der Waals surface area contributed by atoms with E-state index >= 15 is 0 Å². The maximum Gasteiger partial charge on any atom is 0.251 e. The zero-order valence-electron chi connectivity index (χ0n) is 16.3. The highest BCUT2D eigenvalue weighted by Crippen LogP contribution is 2.25. The second-order valence-electron chi connectivity index (χ2n) is 6.42. The Bertz CT molecular complexity index is 987.